The van der Waals surface area contributed by atoms with E-state index in [4.69, 9.17) is 14.7 Å². The molecular formula is C22H29N5OS. The van der Waals surface area contributed by atoms with Crippen LogP contribution in [-0.4, -0.2) is 47.2 Å². The summed E-state index contributed by atoms with van der Waals surface area (Å²) in [5.41, 5.74) is 5.08. The summed E-state index contributed by atoms with van der Waals surface area (Å²) < 4.78 is 5.62. The average molecular weight is 412 g/mol. The summed E-state index contributed by atoms with van der Waals surface area (Å²) in [5, 5.41) is 6.91. The van der Waals surface area contributed by atoms with Gasteiger partial charge in [-0.25, -0.2) is 15.0 Å². The van der Waals surface area contributed by atoms with Crippen molar-refractivity contribution in [1.82, 2.24) is 20.3 Å². The van der Waals surface area contributed by atoms with Crippen molar-refractivity contribution in [3.05, 3.63) is 40.5 Å². The summed E-state index contributed by atoms with van der Waals surface area (Å²) >= 11 is 1.67. The Hall–Kier alpha value is -2.25. The first-order chi connectivity index (χ1) is 14.2. The number of hydrogen-bond donors (Lipinski definition) is 1. The Kier molecular flexibility index (Phi) is 6.56. The van der Waals surface area contributed by atoms with Gasteiger partial charge in [0, 0.05) is 42.9 Å². The molecule has 154 valence electrons. The third-order valence-electron chi connectivity index (χ3n) is 5.47. The van der Waals surface area contributed by atoms with Crippen molar-refractivity contribution in [3.63, 3.8) is 0 Å². The molecule has 1 fully saturated rings. The van der Waals surface area contributed by atoms with Gasteiger partial charge in [0.25, 0.3) is 0 Å². The van der Waals surface area contributed by atoms with Crippen molar-refractivity contribution in [1.29, 1.82) is 0 Å². The molecule has 0 unspecified atom stereocenters. The van der Waals surface area contributed by atoms with E-state index in [1.807, 2.05) is 30.6 Å². The number of ether oxygens (including phenoxy) is 1. The Morgan fingerprint density at radius 1 is 1.24 bits per heavy atom. The van der Waals surface area contributed by atoms with Gasteiger partial charge in [-0.2, -0.15) is 0 Å². The van der Waals surface area contributed by atoms with Crippen LogP contribution >= 0.6 is 11.3 Å². The van der Waals surface area contributed by atoms with Gasteiger partial charge in [0.1, 0.15) is 5.75 Å². The van der Waals surface area contributed by atoms with E-state index in [1.165, 1.54) is 12.1 Å². The number of rotatable bonds is 7. The number of fused-ring (bicyclic) bond motifs is 1. The average Bonchev–Trinajstić information content (AvgIpc) is 3.13. The Morgan fingerprint density at radius 2 is 2.17 bits per heavy atom. The van der Waals surface area contributed by atoms with Crippen LogP contribution < -0.4 is 15.0 Å². The lowest BCUT2D eigenvalue weighted by molar-refractivity contribution is 0.340. The topological polar surface area (TPSA) is 63.2 Å². The van der Waals surface area contributed by atoms with Crippen LogP contribution in [0.2, 0.25) is 0 Å². The van der Waals surface area contributed by atoms with Gasteiger partial charge < -0.3 is 15.0 Å². The fourth-order valence-electron chi connectivity index (χ4n) is 3.91. The fourth-order valence-corrected chi connectivity index (χ4v) is 4.50. The molecular weight excluding hydrogens is 382 g/mol. The maximum Gasteiger partial charge on any atom is 0.226 e. The van der Waals surface area contributed by atoms with E-state index >= 15 is 0 Å². The molecule has 0 spiro atoms. The molecule has 1 aliphatic heterocycles. The zero-order chi connectivity index (χ0) is 20.1. The summed E-state index contributed by atoms with van der Waals surface area (Å²) in [7, 11) is 0. The normalized spacial score (nSPS) is 17.4. The van der Waals surface area contributed by atoms with Crippen LogP contribution in [0.3, 0.4) is 0 Å². The van der Waals surface area contributed by atoms with Crippen molar-refractivity contribution in [2.24, 2.45) is 0 Å². The maximum atomic E-state index is 5.62. The van der Waals surface area contributed by atoms with Crippen LogP contribution in [0.1, 0.15) is 37.6 Å². The first-order valence-electron chi connectivity index (χ1n) is 10.5. The molecule has 0 aliphatic carbocycles. The fraction of sp³-hybridized carbons (Fsp3) is 0.500. The molecule has 0 amide bonds. The minimum Gasteiger partial charge on any atom is -0.494 e. The van der Waals surface area contributed by atoms with Crippen molar-refractivity contribution in [3.8, 4) is 5.75 Å². The zero-order valence-electron chi connectivity index (χ0n) is 17.2. The number of anilines is 1. The highest BCUT2D eigenvalue weighted by Crippen LogP contribution is 2.25. The van der Waals surface area contributed by atoms with Gasteiger partial charge in [-0.05, 0) is 51.3 Å². The van der Waals surface area contributed by atoms with E-state index in [9.17, 15) is 0 Å². The molecule has 1 aromatic carbocycles. The molecule has 1 aliphatic rings. The number of aromatic nitrogens is 3. The zero-order valence-corrected chi connectivity index (χ0v) is 18.0. The summed E-state index contributed by atoms with van der Waals surface area (Å²) in [6.07, 6.45) is 4.46. The van der Waals surface area contributed by atoms with Gasteiger partial charge in [-0.15, -0.1) is 11.3 Å². The van der Waals surface area contributed by atoms with Crippen molar-refractivity contribution < 1.29 is 4.74 Å². The molecule has 0 radical (unpaired) electrons. The Morgan fingerprint density at radius 3 is 3.00 bits per heavy atom. The first kappa shape index (κ1) is 20.0. The lowest BCUT2D eigenvalue weighted by Crippen LogP contribution is -2.32. The second-order valence-electron chi connectivity index (χ2n) is 7.52. The SMILES string of the molecule is CCOc1ccc2nc(N3CCC[C@@H](NCCc4cscn4)CC3)nc(C)c2c1. The van der Waals surface area contributed by atoms with E-state index in [2.05, 4.69) is 27.5 Å². The van der Waals surface area contributed by atoms with Crippen LogP contribution in [0.25, 0.3) is 10.9 Å². The molecule has 1 N–H and O–H groups in total. The summed E-state index contributed by atoms with van der Waals surface area (Å²) in [4.78, 5) is 16.4. The third-order valence-corrected chi connectivity index (χ3v) is 6.10. The van der Waals surface area contributed by atoms with Gasteiger partial charge in [0.05, 0.1) is 29.0 Å². The van der Waals surface area contributed by atoms with Crippen LogP contribution in [-0.2, 0) is 6.42 Å². The van der Waals surface area contributed by atoms with Gasteiger partial charge in [0.2, 0.25) is 5.95 Å². The van der Waals surface area contributed by atoms with Crippen molar-refractivity contribution in [2.45, 2.75) is 45.6 Å². The van der Waals surface area contributed by atoms with Gasteiger partial charge in [-0.1, -0.05) is 0 Å². The Labute approximate surface area is 176 Å². The van der Waals surface area contributed by atoms with E-state index < -0.39 is 0 Å². The molecule has 3 heterocycles. The largest absolute Gasteiger partial charge is 0.494 e. The number of aryl methyl sites for hydroxylation is 1. The monoisotopic (exact) mass is 411 g/mol. The quantitative estimate of drug-likeness (QED) is 0.634. The van der Waals surface area contributed by atoms with E-state index in [0.29, 0.717) is 12.6 Å². The summed E-state index contributed by atoms with van der Waals surface area (Å²) in [5.74, 6) is 1.73. The van der Waals surface area contributed by atoms with Crippen LogP contribution in [0.5, 0.6) is 5.75 Å². The van der Waals surface area contributed by atoms with Crippen LogP contribution in [0.15, 0.2) is 29.1 Å². The van der Waals surface area contributed by atoms with Crippen molar-refractivity contribution >= 4 is 28.2 Å². The van der Waals surface area contributed by atoms with Gasteiger partial charge >= 0.3 is 0 Å². The molecule has 2 aromatic heterocycles. The lowest BCUT2D eigenvalue weighted by atomic mass is 10.1. The second kappa shape index (κ2) is 9.50. The predicted molar refractivity (Wildman–Crippen MR) is 119 cm³/mol. The molecule has 4 rings (SSSR count). The maximum absolute atomic E-state index is 5.62. The van der Waals surface area contributed by atoms with Gasteiger partial charge in [-0.3, -0.25) is 0 Å². The van der Waals surface area contributed by atoms with E-state index in [-0.39, 0.29) is 0 Å². The van der Waals surface area contributed by atoms with E-state index in [0.717, 1.165) is 67.2 Å². The smallest absolute Gasteiger partial charge is 0.226 e. The first-order valence-corrected chi connectivity index (χ1v) is 11.4. The molecule has 0 bridgehead atoms. The van der Waals surface area contributed by atoms with Crippen LogP contribution in [0.4, 0.5) is 5.95 Å². The molecule has 3 aromatic rings. The molecule has 1 saturated heterocycles. The Bertz CT molecular complexity index is 930. The van der Waals surface area contributed by atoms with Crippen molar-refractivity contribution in [2.75, 3.05) is 31.1 Å². The molecule has 1 atom stereocenters. The van der Waals surface area contributed by atoms with Gasteiger partial charge in [0.15, 0.2) is 0 Å². The summed E-state index contributed by atoms with van der Waals surface area (Å²) in [6.45, 7) is 7.70. The van der Waals surface area contributed by atoms with E-state index in [1.54, 1.807) is 11.3 Å². The number of thiazole rings is 1. The predicted octanol–water partition coefficient (Wildman–Crippen LogP) is 3.98. The highest BCUT2D eigenvalue weighted by molar-refractivity contribution is 7.07. The van der Waals surface area contributed by atoms with Crippen LogP contribution in [0, 0.1) is 6.92 Å². The molecule has 29 heavy (non-hydrogen) atoms. The number of hydrogen-bond acceptors (Lipinski definition) is 7. The third kappa shape index (κ3) is 5.03. The Balaban J connectivity index is 1.39. The number of nitrogens with zero attached hydrogens (tertiary/aromatic N) is 4. The lowest BCUT2D eigenvalue weighted by Gasteiger charge is -2.22. The highest BCUT2D eigenvalue weighted by atomic mass is 32.1. The molecule has 0 saturated carbocycles. The minimum atomic E-state index is 0.550. The molecule has 7 heteroatoms. The molecule has 6 nitrogen and oxygen atoms in total. The highest BCUT2D eigenvalue weighted by Gasteiger charge is 2.19. The summed E-state index contributed by atoms with van der Waals surface area (Å²) in [6, 6.07) is 6.63. The number of benzene rings is 1. The standard InChI is InChI=1S/C22H29N5OS/c1-3-28-19-6-7-21-20(13-19)16(2)25-22(26-21)27-11-4-5-17(9-12-27)23-10-8-18-14-29-15-24-18/h6-7,13-15,17,23H,3-5,8-12H2,1-2H3/t17-/m1/s1. The minimum absolute atomic E-state index is 0.550. The second-order valence-corrected chi connectivity index (χ2v) is 8.24. The number of nitrogens with one attached hydrogen (secondary N) is 1.